The van der Waals surface area contributed by atoms with Gasteiger partial charge in [0.15, 0.2) is 0 Å². The second-order valence-corrected chi connectivity index (χ2v) is 3.67. The fraction of sp³-hybridized carbons (Fsp3) is 0.778. The van der Waals surface area contributed by atoms with Crippen LogP contribution in [0.1, 0.15) is 32.1 Å². The Bertz CT molecular complexity index is 186. The van der Waals surface area contributed by atoms with Crippen molar-refractivity contribution in [3.05, 3.63) is 0 Å². The number of ketones is 2. The molecule has 3 saturated carbocycles. The Labute approximate surface area is 66.0 Å². The average molecular weight is 152 g/mol. The molecule has 0 aromatic rings. The molecule has 0 radical (unpaired) electrons. The molecular formula is C9H12O2. The Hall–Kier alpha value is -0.660. The molecule has 2 atom stereocenters. The summed E-state index contributed by atoms with van der Waals surface area (Å²) >= 11 is 0. The van der Waals surface area contributed by atoms with Gasteiger partial charge in [-0.1, -0.05) is 6.42 Å². The number of hydrogen-bond acceptors (Lipinski definition) is 2. The molecule has 0 amide bonds. The number of Topliss-reactive ketones (excluding diaryl/α,β-unsaturated/α-hetero) is 2. The Morgan fingerprint density at radius 1 is 0.909 bits per heavy atom. The van der Waals surface area contributed by atoms with Crippen LogP contribution >= 0.6 is 0 Å². The van der Waals surface area contributed by atoms with Crippen molar-refractivity contribution in [2.75, 3.05) is 0 Å². The highest BCUT2D eigenvalue weighted by Gasteiger charge is 2.36. The first kappa shape index (κ1) is 7.01. The third kappa shape index (κ3) is 1.10. The quantitative estimate of drug-likeness (QED) is 0.524. The lowest BCUT2D eigenvalue weighted by Gasteiger charge is -2.19. The van der Waals surface area contributed by atoms with Gasteiger partial charge in [0, 0.05) is 24.7 Å². The summed E-state index contributed by atoms with van der Waals surface area (Å²) < 4.78 is 0. The molecule has 0 N–H and O–H groups in total. The molecular weight excluding hydrogens is 140 g/mol. The third-order valence-corrected chi connectivity index (χ3v) is 2.91. The molecule has 2 bridgehead atoms. The lowest BCUT2D eigenvalue weighted by Crippen LogP contribution is -2.28. The van der Waals surface area contributed by atoms with Crippen LogP contribution in [0.3, 0.4) is 0 Å². The van der Waals surface area contributed by atoms with Crippen LogP contribution in [0.5, 0.6) is 0 Å². The summed E-state index contributed by atoms with van der Waals surface area (Å²) in [4.78, 5) is 22.5. The van der Waals surface area contributed by atoms with E-state index in [1.54, 1.807) is 0 Å². The summed E-state index contributed by atoms with van der Waals surface area (Å²) in [6, 6.07) is 0. The molecule has 3 aliphatic rings. The largest absolute Gasteiger partial charge is 0.299 e. The van der Waals surface area contributed by atoms with Crippen molar-refractivity contribution in [3.63, 3.8) is 0 Å². The van der Waals surface area contributed by atoms with Gasteiger partial charge >= 0.3 is 0 Å². The average Bonchev–Trinajstić information content (AvgIpc) is 2.21. The Kier molecular flexibility index (Phi) is 1.55. The highest BCUT2D eigenvalue weighted by atomic mass is 16.1. The molecule has 11 heavy (non-hydrogen) atoms. The molecule has 0 spiro atoms. The maximum atomic E-state index is 11.3. The molecule has 2 unspecified atom stereocenters. The molecule has 0 aliphatic heterocycles. The van der Waals surface area contributed by atoms with Crippen molar-refractivity contribution < 1.29 is 9.59 Å². The minimum Gasteiger partial charge on any atom is -0.299 e. The molecule has 0 heterocycles. The first-order chi connectivity index (χ1) is 5.27. The summed E-state index contributed by atoms with van der Waals surface area (Å²) in [5, 5.41) is 0. The third-order valence-electron chi connectivity index (χ3n) is 2.91. The number of carbonyl (C=O) groups excluding carboxylic acids is 2. The summed E-state index contributed by atoms with van der Waals surface area (Å²) in [6.07, 6.45) is 4.09. The molecule has 0 aromatic heterocycles. The highest BCUT2D eigenvalue weighted by molar-refractivity contribution is 5.96. The van der Waals surface area contributed by atoms with Crippen LogP contribution in [0.25, 0.3) is 0 Å². The standard InChI is InChI=1S/C9H12O2/c10-8-5-7-3-1-2-6(8)4-9(7)11/h6-7H,1-5H2. The summed E-state index contributed by atoms with van der Waals surface area (Å²) in [6.45, 7) is 0. The van der Waals surface area contributed by atoms with Crippen LogP contribution < -0.4 is 0 Å². The zero-order valence-electron chi connectivity index (χ0n) is 6.51. The van der Waals surface area contributed by atoms with Crippen molar-refractivity contribution >= 4 is 11.6 Å². The maximum Gasteiger partial charge on any atom is 0.137 e. The molecule has 3 fully saturated rings. The van der Waals surface area contributed by atoms with Gasteiger partial charge in [-0.25, -0.2) is 0 Å². The molecule has 60 valence electrons. The van der Waals surface area contributed by atoms with Gasteiger partial charge in [-0.2, -0.15) is 0 Å². The molecule has 2 nitrogen and oxygen atoms in total. The second kappa shape index (κ2) is 2.43. The topological polar surface area (TPSA) is 34.1 Å². The Balaban J connectivity index is 2.24. The van der Waals surface area contributed by atoms with Crippen molar-refractivity contribution in [2.24, 2.45) is 11.8 Å². The first-order valence-corrected chi connectivity index (χ1v) is 4.33. The van der Waals surface area contributed by atoms with E-state index in [1.165, 1.54) is 0 Å². The number of hydrogen-bond donors (Lipinski definition) is 0. The van der Waals surface area contributed by atoms with Gasteiger partial charge in [-0.3, -0.25) is 9.59 Å². The molecule has 2 heteroatoms. The summed E-state index contributed by atoms with van der Waals surface area (Å²) in [5.41, 5.74) is 0. The molecule has 3 aliphatic carbocycles. The van der Waals surface area contributed by atoms with Crippen molar-refractivity contribution in [2.45, 2.75) is 32.1 Å². The molecule has 3 rings (SSSR count). The van der Waals surface area contributed by atoms with E-state index in [0.29, 0.717) is 24.4 Å². The Morgan fingerprint density at radius 3 is 1.82 bits per heavy atom. The molecule has 0 saturated heterocycles. The maximum absolute atomic E-state index is 11.3. The van der Waals surface area contributed by atoms with Gasteiger partial charge in [0.05, 0.1) is 0 Å². The lowest BCUT2D eigenvalue weighted by molar-refractivity contribution is -0.135. The van der Waals surface area contributed by atoms with Crippen LogP contribution in [-0.2, 0) is 9.59 Å². The van der Waals surface area contributed by atoms with Crippen LogP contribution in [-0.4, -0.2) is 11.6 Å². The fourth-order valence-corrected chi connectivity index (χ4v) is 2.18. The lowest BCUT2D eigenvalue weighted by atomic mass is 9.82. The van der Waals surface area contributed by atoms with E-state index in [4.69, 9.17) is 0 Å². The van der Waals surface area contributed by atoms with Crippen LogP contribution in [0.4, 0.5) is 0 Å². The van der Waals surface area contributed by atoms with E-state index in [1.807, 2.05) is 0 Å². The van der Waals surface area contributed by atoms with E-state index in [-0.39, 0.29) is 11.8 Å². The first-order valence-electron chi connectivity index (χ1n) is 4.33. The minimum absolute atomic E-state index is 0.0984. The van der Waals surface area contributed by atoms with Crippen LogP contribution in [0, 0.1) is 11.8 Å². The normalized spacial score (nSPS) is 37.5. The monoisotopic (exact) mass is 152 g/mol. The fourth-order valence-electron chi connectivity index (χ4n) is 2.18. The van der Waals surface area contributed by atoms with E-state index in [9.17, 15) is 9.59 Å². The van der Waals surface area contributed by atoms with Crippen molar-refractivity contribution in [1.82, 2.24) is 0 Å². The second-order valence-electron chi connectivity index (χ2n) is 3.67. The van der Waals surface area contributed by atoms with E-state index >= 15 is 0 Å². The Morgan fingerprint density at radius 2 is 1.36 bits per heavy atom. The zero-order valence-corrected chi connectivity index (χ0v) is 6.51. The number of fused-ring (bicyclic) bond motifs is 4. The number of carbonyl (C=O) groups is 2. The van der Waals surface area contributed by atoms with Gasteiger partial charge in [0.2, 0.25) is 0 Å². The summed E-state index contributed by atoms with van der Waals surface area (Å²) in [7, 11) is 0. The smallest absolute Gasteiger partial charge is 0.137 e. The highest BCUT2D eigenvalue weighted by Crippen LogP contribution is 2.34. The van der Waals surface area contributed by atoms with Crippen molar-refractivity contribution in [1.29, 1.82) is 0 Å². The van der Waals surface area contributed by atoms with Gasteiger partial charge in [0.1, 0.15) is 11.6 Å². The SMILES string of the molecule is O=C1CC2CCCC1CC2=O. The van der Waals surface area contributed by atoms with E-state index in [2.05, 4.69) is 0 Å². The van der Waals surface area contributed by atoms with Gasteiger partial charge in [0.25, 0.3) is 0 Å². The summed E-state index contributed by atoms with van der Waals surface area (Å²) in [5.74, 6) is 0.877. The van der Waals surface area contributed by atoms with Crippen molar-refractivity contribution in [3.8, 4) is 0 Å². The van der Waals surface area contributed by atoms with Crippen LogP contribution in [0.15, 0.2) is 0 Å². The van der Waals surface area contributed by atoms with E-state index < -0.39 is 0 Å². The minimum atomic E-state index is 0.0984. The predicted octanol–water partition coefficient (Wildman–Crippen LogP) is 1.33. The predicted molar refractivity (Wildman–Crippen MR) is 40.1 cm³/mol. The van der Waals surface area contributed by atoms with Gasteiger partial charge < -0.3 is 0 Å². The van der Waals surface area contributed by atoms with E-state index in [0.717, 1.165) is 19.3 Å². The molecule has 0 aromatic carbocycles. The van der Waals surface area contributed by atoms with Gasteiger partial charge in [-0.05, 0) is 12.8 Å². The van der Waals surface area contributed by atoms with Crippen LogP contribution in [0.2, 0.25) is 0 Å². The van der Waals surface area contributed by atoms with Gasteiger partial charge in [-0.15, -0.1) is 0 Å². The zero-order chi connectivity index (χ0) is 7.84. The number of rotatable bonds is 0.